The number of rotatable bonds is 6. The molecule has 3 rings (SSSR count). The molecule has 3 aromatic rings. The molecule has 156 valence electrons. The van der Waals surface area contributed by atoms with Crippen LogP contribution < -0.4 is 3.71 Å². The van der Waals surface area contributed by atoms with Gasteiger partial charge in [0.05, 0.1) is 15.5 Å². The summed E-state index contributed by atoms with van der Waals surface area (Å²) in [7, 11) is -8.92. The van der Waals surface area contributed by atoms with E-state index in [2.05, 4.69) is 0 Å². The average Bonchev–Trinajstić information content (AvgIpc) is 2.68. The first-order valence-electron chi connectivity index (χ1n) is 9.08. The predicted molar refractivity (Wildman–Crippen MR) is 116 cm³/mol. The fourth-order valence-electron chi connectivity index (χ4n) is 2.84. The summed E-state index contributed by atoms with van der Waals surface area (Å²) in [6.45, 7) is 4.98. The van der Waals surface area contributed by atoms with E-state index in [0.717, 1.165) is 11.1 Å². The number of sulfonamides is 2. The Morgan fingerprint density at radius 1 is 0.633 bits per heavy atom. The molecule has 8 heteroatoms. The van der Waals surface area contributed by atoms with Crippen molar-refractivity contribution in [2.75, 3.05) is 3.71 Å². The fraction of sp³-hybridized carbons (Fsp3) is 0.136. The van der Waals surface area contributed by atoms with Crippen molar-refractivity contribution in [2.45, 2.75) is 30.6 Å². The number of nitrogens with zero attached hydrogens (tertiary/aromatic N) is 1. The Hall–Kier alpha value is -2.97. The van der Waals surface area contributed by atoms with Gasteiger partial charge in [0.25, 0.3) is 20.0 Å². The molecular weight excluding hydrogens is 422 g/mol. The van der Waals surface area contributed by atoms with E-state index >= 15 is 0 Å². The van der Waals surface area contributed by atoms with E-state index in [0.29, 0.717) is 9.27 Å². The molecular formula is C22H21NO5S2. The van der Waals surface area contributed by atoms with Crippen LogP contribution >= 0.6 is 0 Å². The zero-order chi connectivity index (χ0) is 22.1. The summed E-state index contributed by atoms with van der Waals surface area (Å²) in [5.74, 6) is -0.212. The minimum absolute atomic E-state index is 0.0823. The van der Waals surface area contributed by atoms with Crippen LogP contribution in [-0.2, 0) is 20.0 Å². The van der Waals surface area contributed by atoms with Crippen LogP contribution in [-0.4, -0.2) is 22.6 Å². The molecule has 0 bridgehead atoms. The lowest BCUT2D eigenvalue weighted by molar-refractivity contribution is 0.101. The Balaban J connectivity index is 2.24. The van der Waals surface area contributed by atoms with Crippen molar-refractivity contribution < 1.29 is 21.6 Å². The molecule has 0 saturated heterocycles. The van der Waals surface area contributed by atoms with Gasteiger partial charge in [-0.3, -0.25) is 4.79 Å². The molecule has 0 amide bonds. The molecule has 0 aromatic heterocycles. The summed E-state index contributed by atoms with van der Waals surface area (Å²) >= 11 is 0. The first kappa shape index (κ1) is 21.7. The zero-order valence-electron chi connectivity index (χ0n) is 16.7. The predicted octanol–water partition coefficient (Wildman–Crippen LogP) is 4.09. The quantitative estimate of drug-likeness (QED) is 0.536. The van der Waals surface area contributed by atoms with E-state index in [4.69, 9.17) is 0 Å². The second kappa shape index (κ2) is 8.04. The van der Waals surface area contributed by atoms with Crippen molar-refractivity contribution in [3.8, 4) is 0 Å². The number of hydrogen-bond donors (Lipinski definition) is 0. The molecule has 0 unspecified atom stereocenters. The molecule has 0 atom stereocenters. The first-order valence-corrected chi connectivity index (χ1v) is 12.0. The highest BCUT2D eigenvalue weighted by molar-refractivity contribution is 8.10. The molecule has 0 radical (unpaired) electrons. The largest absolute Gasteiger partial charge is 0.295 e. The smallest absolute Gasteiger partial charge is 0.277 e. The molecule has 0 N–H and O–H groups in total. The zero-order valence-corrected chi connectivity index (χ0v) is 18.4. The normalized spacial score (nSPS) is 11.8. The number of benzene rings is 3. The second-order valence-electron chi connectivity index (χ2n) is 6.94. The molecule has 6 nitrogen and oxygen atoms in total. The maximum Gasteiger partial charge on any atom is 0.277 e. The summed E-state index contributed by atoms with van der Waals surface area (Å²) in [4.78, 5) is 11.3. The Bertz CT molecular complexity index is 1200. The van der Waals surface area contributed by atoms with Crippen molar-refractivity contribution in [1.82, 2.24) is 0 Å². The SMILES string of the molecule is CC(=O)c1ccc(N(S(=O)(=O)c2ccc(C)cc2)S(=O)(=O)c2ccc(C)cc2)cc1. The maximum absolute atomic E-state index is 13.4. The van der Waals surface area contributed by atoms with Crippen LogP contribution in [0.15, 0.2) is 82.6 Å². The molecule has 30 heavy (non-hydrogen) atoms. The number of aryl methyl sites for hydroxylation is 2. The summed E-state index contributed by atoms with van der Waals surface area (Å²) in [5, 5.41) is 0. The Kier molecular flexibility index (Phi) is 5.83. The second-order valence-corrected chi connectivity index (χ2v) is 10.7. The van der Waals surface area contributed by atoms with E-state index < -0.39 is 20.0 Å². The third-order valence-electron chi connectivity index (χ3n) is 4.56. The van der Waals surface area contributed by atoms with E-state index in [1.165, 1.54) is 55.5 Å². The highest BCUT2D eigenvalue weighted by Gasteiger charge is 2.37. The van der Waals surface area contributed by atoms with E-state index in [9.17, 15) is 21.6 Å². The third-order valence-corrected chi connectivity index (χ3v) is 8.77. The van der Waals surface area contributed by atoms with Gasteiger partial charge in [-0.05, 0) is 69.3 Å². The van der Waals surface area contributed by atoms with E-state index in [1.54, 1.807) is 38.1 Å². The maximum atomic E-state index is 13.4. The van der Waals surface area contributed by atoms with Crippen LogP contribution in [0.25, 0.3) is 0 Å². The van der Waals surface area contributed by atoms with Gasteiger partial charge in [0.2, 0.25) is 0 Å². The first-order chi connectivity index (χ1) is 14.0. The highest BCUT2D eigenvalue weighted by atomic mass is 32.3. The van der Waals surface area contributed by atoms with Crippen molar-refractivity contribution in [1.29, 1.82) is 0 Å². The lowest BCUT2D eigenvalue weighted by Crippen LogP contribution is -2.37. The van der Waals surface area contributed by atoms with Crippen LogP contribution in [0.5, 0.6) is 0 Å². The summed E-state index contributed by atoms with van der Waals surface area (Å²) < 4.78 is 54.1. The molecule has 0 spiro atoms. The lowest BCUT2D eigenvalue weighted by Gasteiger charge is -2.24. The van der Waals surface area contributed by atoms with E-state index in [-0.39, 0.29) is 21.3 Å². The third kappa shape index (κ3) is 4.15. The van der Waals surface area contributed by atoms with Gasteiger partial charge in [-0.15, -0.1) is 0 Å². The molecule has 3 aromatic carbocycles. The average molecular weight is 444 g/mol. The van der Waals surface area contributed by atoms with Crippen molar-refractivity contribution in [2.24, 2.45) is 0 Å². The summed E-state index contributed by atoms with van der Waals surface area (Å²) in [6, 6.07) is 17.3. The summed E-state index contributed by atoms with van der Waals surface area (Å²) in [6.07, 6.45) is 0. The molecule has 0 aliphatic rings. The lowest BCUT2D eigenvalue weighted by atomic mass is 10.1. The minimum Gasteiger partial charge on any atom is -0.295 e. The molecule has 0 saturated carbocycles. The van der Waals surface area contributed by atoms with Crippen molar-refractivity contribution in [3.05, 3.63) is 89.5 Å². The van der Waals surface area contributed by atoms with Crippen molar-refractivity contribution in [3.63, 3.8) is 0 Å². The Morgan fingerprint density at radius 2 is 1.00 bits per heavy atom. The Morgan fingerprint density at radius 3 is 1.33 bits per heavy atom. The number of ketones is 1. The highest BCUT2D eigenvalue weighted by Crippen LogP contribution is 2.31. The fourth-order valence-corrected chi connectivity index (χ4v) is 6.53. The number of carbonyl (C=O) groups is 1. The number of hydrogen-bond acceptors (Lipinski definition) is 5. The van der Waals surface area contributed by atoms with Crippen LogP contribution in [0.3, 0.4) is 0 Å². The molecule has 0 aliphatic heterocycles. The number of carbonyl (C=O) groups excluding carboxylic acids is 1. The standard InChI is InChI=1S/C22H21NO5S2/c1-16-4-12-21(13-5-16)29(25,26)23(20-10-8-19(9-11-20)18(3)24)30(27,28)22-14-6-17(2)7-15-22/h4-15H,1-3H3. The molecule has 0 fully saturated rings. The van der Waals surface area contributed by atoms with Gasteiger partial charge >= 0.3 is 0 Å². The van der Waals surface area contributed by atoms with Gasteiger partial charge in [0.15, 0.2) is 5.78 Å². The van der Waals surface area contributed by atoms with Crippen LogP contribution in [0.1, 0.15) is 28.4 Å². The Labute approximate surface area is 176 Å². The number of Topliss-reactive ketones (excluding diaryl/α,β-unsaturated/α-hetero) is 1. The van der Waals surface area contributed by atoms with Gasteiger partial charge < -0.3 is 0 Å². The minimum atomic E-state index is -4.46. The monoisotopic (exact) mass is 443 g/mol. The van der Waals surface area contributed by atoms with Crippen LogP contribution in [0.2, 0.25) is 0 Å². The van der Waals surface area contributed by atoms with Crippen molar-refractivity contribution >= 4 is 31.5 Å². The van der Waals surface area contributed by atoms with Gasteiger partial charge in [0, 0.05) is 5.56 Å². The van der Waals surface area contributed by atoms with Crippen LogP contribution in [0, 0.1) is 13.8 Å². The number of anilines is 1. The molecule has 0 aliphatic carbocycles. The van der Waals surface area contributed by atoms with E-state index in [1.807, 2.05) is 0 Å². The van der Waals surface area contributed by atoms with Gasteiger partial charge in [-0.2, -0.15) is 3.71 Å². The van der Waals surface area contributed by atoms with Gasteiger partial charge in [-0.25, -0.2) is 16.8 Å². The van der Waals surface area contributed by atoms with Gasteiger partial charge in [-0.1, -0.05) is 35.4 Å². The summed E-state index contributed by atoms with van der Waals surface area (Å²) in [5.41, 5.74) is 1.95. The van der Waals surface area contributed by atoms with Crippen LogP contribution in [0.4, 0.5) is 5.69 Å². The topological polar surface area (TPSA) is 88.6 Å². The van der Waals surface area contributed by atoms with Gasteiger partial charge in [0.1, 0.15) is 0 Å². The molecule has 0 heterocycles.